The van der Waals surface area contributed by atoms with Gasteiger partial charge >= 0.3 is 13.8 Å². The molecule has 0 radical (unpaired) electrons. The highest BCUT2D eigenvalue weighted by Crippen LogP contribution is 2.43. The molecule has 0 aliphatic heterocycles. The number of phosphoric ester groups is 1. The maximum atomic E-state index is 13.5. The van der Waals surface area contributed by atoms with Crippen molar-refractivity contribution in [2.45, 2.75) is 315 Å². The number of amides is 1. The third kappa shape index (κ3) is 58.2. The van der Waals surface area contributed by atoms with Crippen LogP contribution in [0.25, 0.3) is 0 Å². The predicted molar refractivity (Wildman–Crippen MR) is 332 cm³/mol. The molecule has 0 aromatic carbocycles. The van der Waals surface area contributed by atoms with Crippen LogP contribution >= 0.6 is 7.82 Å². The highest BCUT2D eigenvalue weighted by atomic mass is 31.2. The van der Waals surface area contributed by atoms with Gasteiger partial charge in [0.1, 0.15) is 19.3 Å². The molecule has 0 bridgehead atoms. The number of ether oxygens (including phenoxy) is 1. The summed E-state index contributed by atoms with van der Waals surface area (Å²) >= 11 is 0. The Morgan fingerprint density at radius 2 is 0.792 bits per heavy atom. The monoisotopic (exact) mass is 1100 g/mol. The van der Waals surface area contributed by atoms with E-state index in [9.17, 15) is 19.0 Å². The highest BCUT2D eigenvalue weighted by Gasteiger charge is 2.30. The van der Waals surface area contributed by atoms with E-state index in [2.05, 4.69) is 74.7 Å². The molecule has 0 aromatic heterocycles. The zero-order valence-electron chi connectivity index (χ0n) is 51.5. The van der Waals surface area contributed by atoms with Gasteiger partial charge in [-0.1, -0.05) is 255 Å². The first-order valence-electron chi connectivity index (χ1n) is 32.6. The standard InChI is InChI=1S/C67H125N2O7P/c1-7-10-13-16-19-22-25-27-29-31-32-33-34-35-36-38-40-42-45-48-51-54-57-60-67(71)76-65(58-55-52-49-46-43-24-21-18-15-12-9-3)64(63-75-77(72,73)74-62-61-69(4,5)6)68-66(70)59-56-53-50-47-44-41-39-37-30-28-26-23-20-17-14-11-8-2/h20,23,27-30,39,41,55,58,64-65H,7-19,21-22,24-26,31-38,40,42-54,56-57,59-63H2,1-6H3,(H-,68,70,72,73)/p+1/b23-20-,29-27+,30-28-,41-39-,58-55-. The van der Waals surface area contributed by atoms with E-state index in [1.165, 1.54) is 186 Å². The Morgan fingerprint density at radius 1 is 0.455 bits per heavy atom. The molecule has 0 aliphatic rings. The summed E-state index contributed by atoms with van der Waals surface area (Å²) in [5.74, 6) is -0.524. The molecule has 0 fully saturated rings. The van der Waals surface area contributed by atoms with E-state index in [0.717, 1.165) is 83.5 Å². The van der Waals surface area contributed by atoms with Crippen LogP contribution in [-0.2, 0) is 27.9 Å². The molecule has 0 rings (SSSR count). The van der Waals surface area contributed by atoms with Gasteiger partial charge in [0.25, 0.3) is 0 Å². The minimum Gasteiger partial charge on any atom is -0.456 e. The first-order chi connectivity index (χ1) is 37.4. The Hall–Kier alpha value is -2.29. The van der Waals surface area contributed by atoms with E-state index in [1.54, 1.807) is 0 Å². The average molecular weight is 1100 g/mol. The zero-order valence-corrected chi connectivity index (χ0v) is 52.3. The summed E-state index contributed by atoms with van der Waals surface area (Å²) in [5, 5.41) is 3.05. The molecular weight excluding hydrogens is 976 g/mol. The first kappa shape index (κ1) is 74.7. The number of carbonyl (C=O) groups excluding carboxylic acids is 2. The molecule has 77 heavy (non-hydrogen) atoms. The molecule has 0 saturated heterocycles. The van der Waals surface area contributed by atoms with Gasteiger partial charge in [0, 0.05) is 12.8 Å². The van der Waals surface area contributed by atoms with E-state index in [0.29, 0.717) is 17.4 Å². The van der Waals surface area contributed by atoms with Gasteiger partial charge < -0.3 is 19.4 Å². The topological polar surface area (TPSA) is 111 Å². The number of likely N-dealkylation sites (N-methyl/N-ethyl adjacent to an activating group) is 1. The van der Waals surface area contributed by atoms with E-state index in [-0.39, 0.29) is 31.5 Å². The number of hydrogen-bond acceptors (Lipinski definition) is 6. The largest absolute Gasteiger partial charge is 0.472 e. The minimum absolute atomic E-state index is 0.0351. The van der Waals surface area contributed by atoms with E-state index >= 15 is 0 Å². The van der Waals surface area contributed by atoms with Gasteiger partial charge in [-0.25, -0.2) is 4.57 Å². The summed E-state index contributed by atoms with van der Waals surface area (Å²) in [5.41, 5.74) is 0. The second-order valence-corrected chi connectivity index (χ2v) is 24.7. The van der Waals surface area contributed by atoms with Crippen molar-refractivity contribution >= 4 is 19.7 Å². The van der Waals surface area contributed by atoms with E-state index < -0.39 is 20.0 Å². The molecular formula is C67H126N2O7P+. The SMILES string of the molecule is CCCCC/C=C\C/C=C\C/C=C\CCCCCCC(=O)NC(COP(=O)(O)OCC[N+](C)(C)C)C(/C=C\CCCCCCCCCCC)OC(=O)CCCCCCCCCCCCCCC/C=C/CCCCCCCC. The number of rotatable bonds is 59. The number of esters is 1. The van der Waals surface area contributed by atoms with Crippen molar-refractivity contribution in [3.05, 3.63) is 60.8 Å². The van der Waals surface area contributed by atoms with Crippen molar-refractivity contribution in [3.63, 3.8) is 0 Å². The van der Waals surface area contributed by atoms with Crippen molar-refractivity contribution in [2.75, 3.05) is 40.9 Å². The van der Waals surface area contributed by atoms with Crippen LogP contribution < -0.4 is 5.32 Å². The summed E-state index contributed by atoms with van der Waals surface area (Å²) < 4.78 is 30.7. The van der Waals surface area contributed by atoms with Gasteiger partial charge in [0.15, 0.2) is 0 Å². The quantitative estimate of drug-likeness (QED) is 0.0205. The van der Waals surface area contributed by atoms with Gasteiger partial charge in [-0.05, 0) is 96.0 Å². The van der Waals surface area contributed by atoms with E-state index in [4.69, 9.17) is 13.8 Å². The average Bonchev–Trinajstić information content (AvgIpc) is 3.39. The van der Waals surface area contributed by atoms with Gasteiger partial charge in [0.2, 0.25) is 5.91 Å². The fourth-order valence-electron chi connectivity index (χ4n) is 9.35. The number of quaternary nitrogens is 1. The maximum Gasteiger partial charge on any atom is 0.472 e. The number of allylic oxidation sites excluding steroid dienone is 9. The molecule has 1 amide bonds. The molecule has 10 heteroatoms. The van der Waals surface area contributed by atoms with Gasteiger partial charge in [-0.15, -0.1) is 0 Å². The van der Waals surface area contributed by atoms with Crippen LogP contribution in [0.15, 0.2) is 60.8 Å². The lowest BCUT2D eigenvalue weighted by Crippen LogP contribution is -2.47. The summed E-state index contributed by atoms with van der Waals surface area (Å²) in [7, 11) is 1.48. The predicted octanol–water partition coefficient (Wildman–Crippen LogP) is 20.2. The van der Waals surface area contributed by atoms with Crippen LogP contribution in [0.5, 0.6) is 0 Å². The van der Waals surface area contributed by atoms with Crippen molar-refractivity contribution < 1.29 is 37.3 Å². The molecule has 450 valence electrons. The Balaban J connectivity index is 5.14. The molecule has 3 atom stereocenters. The number of nitrogens with zero attached hydrogens (tertiary/aromatic N) is 1. The van der Waals surface area contributed by atoms with Crippen molar-refractivity contribution in [3.8, 4) is 0 Å². The molecule has 0 heterocycles. The Bertz CT molecular complexity index is 1500. The fraction of sp³-hybridized carbons (Fsp3) is 0.821. The van der Waals surface area contributed by atoms with Crippen molar-refractivity contribution in [1.29, 1.82) is 0 Å². The molecule has 0 spiro atoms. The number of phosphoric acid groups is 1. The first-order valence-corrected chi connectivity index (χ1v) is 34.1. The summed E-state index contributed by atoms with van der Waals surface area (Å²) in [6, 6.07) is -0.860. The lowest BCUT2D eigenvalue weighted by atomic mass is 10.0. The third-order valence-electron chi connectivity index (χ3n) is 14.4. The van der Waals surface area contributed by atoms with Crippen LogP contribution in [0.3, 0.4) is 0 Å². The van der Waals surface area contributed by atoms with Gasteiger partial charge in [-0.3, -0.25) is 18.6 Å². The fourth-order valence-corrected chi connectivity index (χ4v) is 10.1. The molecule has 2 N–H and O–H groups in total. The number of hydrogen-bond donors (Lipinski definition) is 2. The van der Waals surface area contributed by atoms with E-state index in [1.807, 2.05) is 33.3 Å². The lowest BCUT2D eigenvalue weighted by molar-refractivity contribution is -0.870. The summed E-state index contributed by atoms with van der Waals surface area (Å²) in [4.78, 5) is 37.7. The smallest absolute Gasteiger partial charge is 0.456 e. The maximum absolute atomic E-state index is 13.5. The number of nitrogens with one attached hydrogen (secondary N) is 1. The third-order valence-corrected chi connectivity index (χ3v) is 15.4. The van der Waals surface area contributed by atoms with Crippen LogP contribution in [-0.4, -0.2) is 74.3 Å². The van der Waals surface area contributed by atoms with Gasteiger partial charge in [-0.2, -0.15) is 0 Å². The molecule has 0 aliphatic carbocycles. The van der Waals surface area contributed by atoms with Crippen LogP contribution in [0.2, 0.25) is 0 Å². The number of carbonyl (C=O) groups is 2. The second kappa shape index (κ2) is 57.0. The Kier molecular flexibility index (Phi) is 55.3. The minimum atomic E-state index is -4.45. The summed E-state index contributed by atoms with van der Waals surface area (Å²) in [6.07, 6.45) is 72.3. The van der Waals surface area contributed by atoms with Crippen LogP contribution in [0, 0.1) is 0 Å². The second-order valence-electron chi connectivity index (χ2n) is 23.3. The molecule has 0 saturated carbocycles. The van der Waals surface area contributed by atoms with Crippen LogP contribution in [0.4, 0.5) is 0 Å². The highest BCUT2D eigenvalue weighted by molar-refractivity contribution is 7.47. The molecule has 9 nitrogen and oxygen atoms in total. The van der Waals surface area contributed by atoms with Crippen molar-refractivity contribution in [1.82, 2.24) is 5.32 Å². The zero-order chi connectivity index (χ0) is 56.4. The van der Waals surface area contributed by atoms with Crippen molar-refractivity contribution in [2.24, 2.45) is 0 Å². The molecule has 3 unspecified atom stereocenters. The Labute approximate surface area is 477 Å². The van der Waals surface area contributed by atoms with Gasteiger partial charge in [0.05, 0.1) is 33.8 Å². The molecule has 0 aromatic rings. The number of unbranched alkanes of at least 4 members (excludes halogenated alkanes) is 35. The Morgan fingerprint density at radius 3 is 1.22 bits per heavy atom. The summed E-state index contributed by atoms with van der Waals surface area (Å²) in [6.45, 7) is 6.98. The lowest BCUT2D eigenvalue weighted by Gasteiger charge is -2.27. The van der Waals surface area contributed by atoms with Crippen LogP contribution in [0.1, 0.15) is 303 Å². The normalized spacial score (nSPS) is 14.0.